The Balaban J connectivity index is 0.000000490. The molecule has 2 nitrogen and oxygen atoms in total. The number of hydrogen-bond acceptors (Lipinski definition) is 2. The van der Waals surface area contributed by atoms with Gasteiger partial charge >= 0.3 is 0 Å². The molecule has 1 rings (SSSR count). The van der Waals surface area contributed by atoms with E-state index < -0.39 is 0 Å². The average molecular weight is 110 g/mol. The van der Waals surface area contributed by atoms with Crippen LogP contribution in [-0.4, -0.2) is 10.2 Å². The van der Waals surface area contributed by atoms with Gasteiger partial charge < -0.3 is 0 Å². The van der Waals surface area contributed by atoms with Crippen LogP contribution in [0.2, 0.25) is 0 Å². The van der Waals surface area contributed by atoms with Crippen molar-refractivity contribution in [2.75, 3.05) is 0 Å². The lowest BCUT2D eigenvalue weighted by atomic mass is 10.4. The van der Waals surface area contributed by atoms with Crippen molar-refractivity contribution in [1.82, 2.24) is 10.2 Å². The molecule has 0 aliphatic carbocycles. The number of nitrogens with zero attached hydrogens (tertiary/aromatic N) is 2. The molecule has 0 spiro atoms. The van der Waals surface area contributed by atoms with Gasteiger partial charge in [0.15, 0.2) is 0 Å². The first-order chi connectivity index (χ1) is 3.39. The molecule has 0 aromatic carbocycles. The number of rotatable bonds is 0. The van der Waals surface area contributed by atoms with E-state index in [0.717, 1.165) is 5.69 Å². The predicted molar refractivity (Wildman–Crippen MR) is 33.5 cm³/mol. The minimum atomic E-state index is 0. The summed E-state index contributed by atoms with van der Waals surface area (Å²) in [6.45, 7) is 1.91. The van der Waals surface area contributed by atoms with Crippen LogP contribution >= 0.6 is 0 Å². The van der Waals surface area contributed by atoms with Gasteiger partial charge in [-0.2, -0.15) is 10.2 Å². The first kappa shape index (κ1) is 7.08. The topological polar surface area (TPSA) is 25.8 Å². The van der Waals surface area contributed by atoms with Crippen molar-refractivity contribution in [3.8, 4) is 0 Å². The van der Waals surface area contributed by atoms with E-state index >= 15 is 0 Å². The van der Waals surface area contributed by atoms with Crippen molar-refractivity contribution >= 4 is 0 Å². The monoisotopic (exact) mass is 110 g/mol. The molecule has 0 unspecified atom stereocenters. The van der Waals surface area contributed by atoms with Crippen LogP contribution in [0, 0.1) is 6.92 Å². The van der Waals surface area contributed by atoms with E-state index in [0.29, 0.717) is 0 Å². The highest BCUT2D eigenvalue weighted by Gasteiger charge is 1.74. The summed E-state index contributed by atoms with van der Waals surface area (Å²) < 4.78 is 0. The minimum absolute atomic E-state index is 0. The van der Waals surface area contributed by atoms with E-state index in [-0.39, 0.29) is 7.43 Å². The van der Waals surface area contributed by atoms with Crippen molar-refractivity contribution in [2.24, 2.45) is 0 Å². The van der Waals surface area contributed by atoms with Crippen LogP contribution in [-0.2, 0) is 0 Å². The summed E-state index contributed by atoms with van der Waals surface area (Å²) in [5.41, 5.74) is 0.961. The molecule has 0 atom stereocenters. The molecule has 1 heterocycles. The Morgan fingerprint density at radius 2 is 2.25 bits per heavy atom. The molecule has 0 fully saturated rings. The lowest BCUT2D eigenvalue weighted by Crippen LogP contribution is -1.79. The van der Waals surface area contributed by atoms with Crippen LogP contribution < -0.4 is 0 Å². The summed E-state index contributed by atoms with van der Waals surface area (Å²) in [6.07, 6.45) is 1.66. The second-order valence-corrected chi connectivity index (χ2v) is 1.37. The highest BCUT2D eigenvalue weighted by Crippen LogP contribution is 1.82. The van der Waals surface area contributed by atoms with Crippen molar-refractivity contribution in [3.63, 3.8) is 0 Å². The summed E-state index contributed by atoms with van der Waals surface area (Å²) in [4.78, 5) is 0. The third-order valence-corrected chi connectivity index (χ3v) is 0.706. The Labute approximate surface area is 49.6 Å². The number of aryl methyl sites for hydroxylation is 1. The minimum Gasteiger partial charge on any atom is -0.159 e. The van der Waals surface area contributed by atoms with Gasteiger partial charge in [-0.05, 0) is 19.1 Å². The molecule has 0 radical (unpaired) electrons. The molecule has 8 heavy (non-hydrogen) atoms. The highest BCUT2D eigenvalue weighted by atomic mass is 15.1. The maximum atomic E-state index is 3.73. The fourth-order valence-electron chi connectivity index (χ4n) is 0.379. The van der Waals surface area contributed by atoms with Crippen molar-refractivity contribution in [1.29, 1.82) is 0 Å². The van der Waals surface area contributed by atoms with Gasteiger partial charge in [0.1, 0.15) is 0 Å². The van der Waals surface area contributed by atoms with Gasteiger partial charge in [-0.3, -0.25) is 0 Å². The molecular weight excluding hydrogens is 100 g/mol. The SMILES string of the molecule is C.Cc1cccnn1. The van der Waals surface area contributed by atoms with Crippen LogP contribution in [0.3, 0.4) is 0 Å². The van der Waals surface area contributed by atoms with E-state index in [4.69, 9.17) is 0 Å². The molecule has 0 saturated heterocycles. The van der Waals surface area contributed by atoms with E-state index in [2.05, 4.69) is 10.2 Å². The maximum Gasteiger partial charge on any atom is 0.0600 e. The van der Waals surface area contributed by atoms with Crippen LogP contribution in [0.5, 0.6) is 0 Å². The van der Waals surface area contributed by atoms with Crippen molar-refractivity contribution in [3.05, 3.63) is 24.0 Å². The Bertz CT molecular complexity index is 136. The molecule has 0 N–H and O–H groups in total. The second-order valence-electron chi connectivity index (χ2n) is 1.37. The molecule has 0 saturated carbocycles. The third-order valence-electron chi connectivity index (χ3n) is 0.706. The highest BCUT2D eigenvalue weighted by molar-refractivity contribution is 4.94. The van der Waals surface area contributed by atoms with Gasteiger partial charge in [-0.1, -0.05) is 7.43 Å². The quantitative estimate of drug-likeness (QED) is 0.504. The smallest absolute Gasteiger partial charge is 0.0600 e. The van der Waals surface area contributed by atoms with E-state index in [1.54, 1.807) is 6.20 Å². The molecule has 0 bridgehead atoms. The maximum absolute atomic E-state index is 3.73. The van der Waals surface area contributed by atoms with Gasteiger partial charge in [0.25, 0.3) is 0 Å². The second kappa shape index (κ2) is 3.13. The summed E-state index contributed by atoms with van der Waals surface area (Å²) in [7, 11) is 0. The Morgan fingerprint density at radius 1 is 1.50 bits per heavy atom. The standard InChI is InChI=1S/C5H6N2.CH4/c1-5-3-2-4-6-7-5;/h2-4H,1H3;1H4. The zero-order valence-corrected chi connectivity index (χ0v) is 4.13. The zero-order valence-electron chi connectivity index (χ0n) is 4.13. The summed E-state index contributed by atoms with van der Waals surface area (Å²) >= 11 is 0. The van der Waals surface area contributed by atoms with Crippen molar-refractivity contribution in [2.45, 2.75) is 14.4 Å². The third kappa shape index (κ3) is 1.69. The Kier molecular flexibility index (Phi) is 2.77. The molecular formula is C6H10N2. The van der Waals surface area contributed by atoms with Gasteiger partial charge in [-0.15, -0.1) is 0 Å². The summed E-state index contributed by atoms with van der Waals surface area (Å²) in [6, 6.07) is 3.77. The number of aromatic nitrogens is 2. The van der Waals surface area contributed by atoms with Crippen LogP contribution in [0.25, 0.3) is 0 Å². The normalized spacial score (nSPS) is 7.62. The van der Waals surface area contributed by atoms with Gasteiger partial charge in [0.2, 0.25) is 0 Å². The summed E-state index contributed by atoms with van der Waals surface area (Å²) in [5.74, 6) is 0. The van der Waals surface area contributed by atoms with Gasteiger partial charge in [0, 0.05) is 6.20 Å². The van der Waals surface area contributed by atoms with E-state index in [1.165, 1.54) is 0 Å². The Hall–Kier alpha value is -0.920. The predicted octanol–water partition coefficient (Wildman–Crippen LogP) is 1.42. The van der Waals surface area contributed by atoms with Crippen molar-refractivity contribution < 1.29 is 0 Å². The first-order valence-corrected chi connectivity index (χ1v) is 2.14. The molecule has 0 aliphatic rings. The molecule has 1 aromatic rings. The average Bonchev–Trinajstić information content (AvgIpc) is 1.69. The van der Waals surface area contributed by atoms with Crippen LogP contribution in [0.1, 0.15) is 13.1 Å². The van der Waals surface area contributed by atoms with E-state index in [1.807, 2.05) is 19.1 Å². The van der Waals surface area contributed by atoms with Gasteiger partial charge in [-0.25, -0.2) is 0 Å². The fraction of sp³-hybridized carbons (Fsp3) is 0.333. The molecule has 1 aromatic heterocycles. The first-order valence-electron chi connectivity index (χ1n) is 2.14. The van der Waals surface area contributed by atoms with Gasteiger partial charge in [0.05, 0.1) is 5.69 Å². The van der Waals surface area contributed by atoms with Crippen LogP contribution in [0.15, 0.2) is 18.3 Å². The fourth-order valence-corrected chi connectivity index (χ4v) is 0.379. The lowest BCUT2D eigenvalue weighted by molar-refractivity contribution is 0.980. The van der Waals surface area contributed by atoms with E-state index in [9.17, 15) is 0 Å². The molecule has 0 amide bonds. The molecule has 44 valence electrons. The Morgan fingerprint density at radius 3 is 2.50 bits per heavy atom. The summed E-state index contributed by atoms with van der Waals surface area (Å²) in [5, 5.41) is 7.36. The zero-order chi connectivity index (χ0) is 5.11. The van der Waals surface area contributed by atoms with Crippen LogP contribution in [0.4, 0.5) is 0 Å². The largest absolute Gasteiger partial charge is 0.159 e. The molecule has 2 heteroatoms. The molecule has 0 aliphatic heterocycles. The lowest BCUT2D eigenvalue weighted by Gasteiger charge is -1.80. The number of hydrogen-bond donors (Lipinski definition) is 0.